The van der Waals surface area contributed by atoms with E-state index in [9.17, 15) is 14.0 Å². The molecule has 28 heavy (non-hydrogen) atoms. The van der Waals surface area contributed by atoms with Crippen molar-refractivity contribution in [3.63, 3.8) is 0 Å². The van der Waals surface area contributed by atoms with Gasteiger partial charge in [0.1, 0.15) is 11.4 Å². The minimum Gasteiger partial charge on any atom is -0.357 e. The average molecular weight is 505 g/mol. The highest BCUT2D eigenvalue weighted by molar-refractivity contribution is 14.0. The van der Waals surface area contributed by atoms with Gasteiger partial charge in [-0.1, -0.05) is 19.1 Å². The standard InChI is InChI=1S/C19H28FN5O2.HI/c1-4-19(3)16(26)25(18(27)24-19)11-7-10-22-17(21-5-2)23-13-14-8-6-9-15(20)12-14;/h6,8-9,12H,4-5,7,10-11,13H2,1-3H3,(H,24,27)(H2,21,22,23);1H. The van der Waals surface area contributed by atoms with E-state index < -0.39 is 5.54 Å². The third kappa shape index (κ3) is 6.32. The maximum atomic E-state index is 13.2. The number of halogens is 2. The van der Waals surface area contributed by atoms with Crippen LogP contribution in [-0.4, -0.2) is 48.0 Å². The summed E-state index contributed by atoms with van der Waals surface area (Å²) in [6, 6.07) is 5.99. The number of hydrogen-bond acceptors (Lipinski definition) is 3. The van der Waals surface area contributed by atoms with Crippen LogP contribution in [0, 0.1) is 5.82 Å². The topological polar surface area (TPSA) is 85.8 Å². The number of carbonyl (C=O) groups is 2. The Morgan fingerprint density at radius 1 is 1.29 bits per heavy atom. The van der Waals surface area contributed by atoms with E-state index in [2.05, 4.69) is 20.9 Å². The molecular weight excluding hydrogens is 476 g/mol. The molecule has 0 bridgehead atoms. The lowest BCUT2D eigenvalue weighted by molar-refractivity contribution is -0.130. The summed E-state index contributed by atoms with van der Waals surface area (Å²) in [4.78, 5) is 30.0. The van der Waals surface area contributed by atoms with Crippen molar-refractivity contribution in [2.45, 2.75) is 45.7 Å². The van der Waals surface area contributed by atoms with E-state index >= 15 is 0 Å². The van der Waals surface area contributed by atoms with Crippen LogP contribution < -0.4 is 16.0 Å². The van der Waals surface area contributed by atoms with Crippen molar-refractivity contribution in [3.8, 4) is 0 Å². The molecule has 7 nitrogen and oxygen atoms in total. The lowest BCUT2D eigenvalue weighted by Gasteiger charge is -2.19. The molecule has 156 valence electrons. The van der Waals surface area contributed by atoms with Gasteiger partial charge < -0.3 is 16.0 Å². The summed E-state index contributed by atoms with van der Waals surface area (Å²) in [7, 11) is 0. The lowest BCUT2D eigenvalue weighted by Crippen LogP contribution is -2.43. The monoisotopic (exact) mass is 505 g/mol. The van der Waals surface area contributed by atoms with Gasteiger partial charge >= 0.3 is 6.03 Å². The molecule has 1 unspecified atom stereocenters. The van der Waals surface area contributed by atoms with Crippen molar-refractivity contribution < 1.29 is 14.0 Å². The molecule has 2 rings (SSSR count). The Hall–Kier alpha value is -1.91. The second kappa shape index (κ2) is 11.2. The molecule has 9 heteroatoms. The van der Waals surface area contributed by atoms with E-state index in [1.165, 1.54) is 17.0 Å². The second-order valence-electron chi connectivity index (χ2n) is 6.68. The van der Waals surface area contributed by atoms with E-state index in [0.717, 1.165) is 5.56 Å². The van der Waals surface area contributed by atoms with Crippen LogP contribution in [0.15, 0.2) is 29.3 Å². The molecule has 0 saturated carbocycles. The zero-order valence-electron chi connectivity index (χ0n) is 16.5. The van der Waals surface area contributed by atoms with Gasteiger partial charge in [0.15, 0.2) is 5.96 Å². The Bertz CT molecular complexity index is 715. The van der Waals surface area contributed by atoms with Gasteiger partial charge in [0.05, 0.1) is 6.54 Å². The predicted molar refractivity (Wildman–Crippen MR) is 118 cm³/mol. The molecule has 1 aliphatic rings. The number of nitrogens with one attached hydrogen (secondary N) is 3. The summed E-state index contributed by atoms with van der Waals surface area (Å²) < 4.78 is 13.2. The predicted octanol–water partition coefficient (Wildman–Crippen LogP) is 2.61. The summed E-state index contributed by atoms with van der Waals surface area (Å²) in [5.74, 6) is 0.146. The van der Waals surface area contributed by atoms with Gasteiger partial charge in [0.2, 0.25) is 0 Å². The number of amides is 3. The normalized spacial score (nSPS) is 19.3. The molecule has 0 radical (unpaired) electrons. The summed E-state index contributed by atoms with van der Waals surface area (Å²) in [5, 5.41) is 9.03. The molecule has 1 aromatic carbocycles. The molecule has 3 N–H and O–H groups in total. The average Bonchev–Trinajstić information content (AvgIpc) is 2.86. The van der Waals surface area contributed by atoms with Crippen molar-refractivity contribution >= 4 is 41.9 Å². The van der Waals surface area contributed by atoms with Gasteiger partial charge in [-0.2, -0.15) is 0 Å². The molecule has 3 amide bonds. The van der Waals surface area contributed by atoms with Gasteiger partial charge in [-0.05, 0) is 44.4 Å². The van der Waals surface area contributed by atoms with Gasteiger partial charge in [-0.25, -0.2) is 14.2 Å². The fraction of sp³-hybridized carbons (Fsp3) is 0.526. The summed E-state index contributed by atoms with van der Waals surface area (Å²) in [6.07, 6.45) is 1.16. The van der Waals surface area contributed by atoms with Gasteiger partial charge in [0.25, 0.3) is 5.91 Å². The fourth-order valence-corrected chi connectivity index (χ4v) is 2.78. The van der Waals surface area contributed by atoms with E-state index in [1.54, 1.807) is 13.0 Å². The molecule has 0 aliphatic carbocycles. The van der Waals surface area contributed by atoms with Crippen molar-refractivity contribution in [2.75, 3.05) is 19.6 Å². The summed E-state index contributed by atoms with van der Waals surface area (Å²) >= 11 is 0. The second-order valence-corrected chi connectivity index (χ2v) is 6.68. The van der Waals surface area contributed by atoms with Crippen LogP contribution in [0.3, 0.4) is 0 Å². The number of benzene rings is 1. The Kier molecular flexibility index (Phi) is 9.63. The Morgan fingerprint density at radius 3 is 2.64 bits per heavy atom. The molecule has 1 fully saturated rings. The molecule has 1 heterocycles. The molecule has 1 saturated heterocycles. The molecule has 1 aromatic rings. The Morgan fingerprint density at radius 2 is 2.04 bits per heavy atom. The first-order valence-electron chi connectivity index (χ1n) is 9.30. The Balaban J connectivity index is 0.00000392. The summed E-state index contributed by atoms with van der Waals surface area (Å²) in [6.45, 7) is 7.52. The van der Waals surface area contributed by atoms with Crippen LogP contribution in [0.2, 0.25) is 0 Å². The third-order valence-electron chi connectivity index (χ3n) is 4.56. The first-order chi connectivity index (χ1) is 12.9. The van der Waals surface area contributed by atoms with Crippen molar-refractivity contribution in [2.24, 2.45) is 4.99 Å². The first kappa shape index (κ1) is 24.1. The molecule has 0 aromatic heterocycles. The minimum absolute atomic E-state index is 0. The molecule has 1 aliphatic heterocycles. The number of hydrogen-bond donors (Lipinski definition) is 3. The van der Waals surface area contributed by atoms with Crippen LogP contribution in [0.5, 0.6) is 0 Å². The maximum Gasteiger partial charge on any atom is 0.325 e. The Labute approximate surface area is 182 Å². The van der Waals surface area contributed by atoms with Gasteiger partial charge in [-0.15, -0.1) is 24.0 Å². The van der Waals surface area contributed by atoms with E-state index in [1.807, 2.05) is 19.9 Å². The largest absolute Gasteiger partial charge is 0.357 e. The lowest BCUT2D eigenvalue weighted by atomic mass is 9.99. The van der Waals surface area contributed by atoms with E-state index in [0.29, 0.717) is 45.0 Å². The number of imide groups is 1. The molecule has 1 atom stereocenters. The first-order valence-corrected chi connectivity index (χ1v) is 9.30. The van der Waals surface area contributed by atoms with Crippen molar-refractivity contribution in [1.82, 2.24) is 20.9 Å². The number of urea groups is 1. The molecule has 0 spiro atoms. The highest BCUT2D eigenvalue weighted by atomic mass is 127. The smallest absolute Gasteiger partial charge is 0.325 e. The third-order valence-corrected chi connectivity index (χ3v) is 4.56. The SMILES string of the molecule is CCNC(=NCc1cccc(F)c1)NCCCN1C(=O)NC(C)(CC)C1=O.I. The molecular formula is C19H29FIN5O2. The highest BCUT2D eigenvalue weighted by Gasteiger charge is 2.45. The number of carbonyl (C=O) groups excluding carboxylic acids is 2. The van der Waals surface area contributed by atoms with Gasteiger partial charge in [-0.3, -0.25) is 9.69 Å². The minimum atomic E-state index is -0.800. The van der Waals surface area contributed by atoms with Crippen LogP contribution in [0.4, 0.5) is 9.18 Å². The zero-order chi connectivity index (χ0) is 19.9. The number of nitrogens with zero attached hydrogens (tertiary/aromatic N) is 2. The van der Waals surface area contributed by atoms with E-state index in [-0.39, 0.29) is 41.7 Å². The quantitative estimate of drug-likeness (QED) is 0.167. The van der Waals surface area contributed by atoms with E-state index in [4.69, 9.17) is 0 Å². The fourth-order valence-electron chi connectivity index (χ4n) is 2.78. The number of guanidine groups is 1. The van der Waals surface area contributed by atoms with Crippen molar-refractivity contribution in [3.05, 3.63) is 35.6 Å². The van der Waals surface area contributed by atoms with Crippen LogP contribution in [0.1, 0.15) is 39.2 Å². The summed E-state index contributed by atoms with van der Waals surface area (Å²) in [5.41, 5.74) is -0.0170. The van der Waals surface area contributed by atoms with Crippen LogP contribution >= 0.6 is 24.0 Å². The highest BCUT2D eigenvalue weighted by Crippen LogP contribution is 2.20. The van der Waals surface area contributed by atoms with Crippen molar-refractivity contribution in [1.29, 1.82) is 0 Å². The van der Waals surface area contributed by atoms with Crippen LogP contribution in [-0.2, 0) is 11.3 Å². The van der Waals surface area contributed by atoms with Gasteiger partial charge in [0, 0.05) is 19.6 Å². The number of rotatable bonds is 8. The zero-order valence-corrected chi connectivity index (χ0v) is 18.9. The van der Waals surface area contributed by atoms with Crippen LogP contribution in [0.25, 0.3) is 0 Å². The number of aliphatic imine (C=N–C) groups is 1. The maximum absolute atomic E-state index is 13.2.